The van der Waals surface area contributed by atoms with Crippen LogP contribution in [0.15, 0.2) is 36.9 Å². The Morgan fingerprint density at radius 3 is 2.14 bits per heavy atom. The fourth-order valence-corrected chi connectivity index (χ4v) is 7.41. The first kappa shape index (κ1) is 26.6. The molecule has 194 valence electrons. The minimum atomic E-state index is -0.674. The molecule has 1 aromatic rings. The molecule has 2 saturated carbocycles. The van der Waals surface area contributed by atoms with Gasteiger partial charge in [-0.2, -0.15) is 0 Å². The molecule has 0 aliphatic heterocycles. The molecule has 1 nitrogen and oxygen atoms in total. The van der Waals surface area contributed by atoms with Gasteiger partial charge >= 0.3 is 0 Å². The fourth-order valence-electron chi connectivity index (χ4n) is 7.41. The Balaban J connectivity index is 1.26. The van der Waals surface area contributed by atoms with Crippen LogP contribution >= 0.6 is 0 Å². The number of aliphatic hydroxyl groups is 1. The number of aryl methyl sites for hydroxylation is 1. The second kappa shape index (κ2) is 12.7. The van der Waals surface area contributed by atoms with Crippen LogP contribution in [0.5, 0.6) is 0 Å². The molecular weight excluding hydrogens is 438 g/mol. The molecule has 1 aromatic carbocycles. The Morgan fingerprint density at radius 1 is 0.886 bits per heavy atom. The molecule has 0 radical (unpaired) electrons. The van der Waals surface area contributed by atoms with Gasteiger partial charge in [0.15, 0.2) is 11.6 Å². The largest absolute Gasteiger partial charge is 0.393 e. The van der Waals surface area contributed by atoms with Crippen molar-refractivity contribution in [3.8, 4) is 0 Å². The van der Waals surface area contributed by atoms with Crippen molar-refractivity contribution in [1.82, 2.24) is 0 Å². The highest BCUT2D eigenvalue weighted by atomic mass is 19.2. The third-order valence-electron chi connectivity index (χ3n) is 9.64. The lowest BCUT2D eigenvalue weighted by Crippen LogP contribution is -2.31. The monoisotopic (exact) mass is 484 g/mol. The van der Waals surface area contributed by atoms with Gasteiger partial charge in [0.05, 0.1) is 6.10 Å². The standard InChI is InChI=1S/C32H46F2O/c1-3-5-7-28-20-21-29(32(34)31(28)33)26-16-12-24(13-17-26)22-8-10-23(11-9-22)25-14-18-27(19-15-25)30(35)6-4-2/h3,12,16,20-27,30,35H,1,4-11,13-15,17-19H2,2H3. The first-order valence-electron chi connectivity index (χ1n) is 14.5. The van der Waals surface area contributed by atoms with Crippen LogP contribution in [0.3, 0.4) is 0 Å². The minimum absolute atomic E-state index is 0.0104. The van der Waals surface area contributed by atoms with Crippen molar-refractivity contribution >= 4 is 0 Å². The van der Waals surface area contributed by atoms with E-state index in [1.807, 2.05) is 0 Å². The Bertz CT molecular complexity index is 845. The van der Waals surface area contributed by atoms with Crippen LogP contribution in [-0.2, 0) is 6.42 Å². The van der Waals surface area contributed by atoms with Crippen LogP contribution in [0.2, 0.25) is 0 Å². The maximum Gasteiger partial charge on any atom is 0.162 e. The van der Waals surface area contributed by atoms with Crippen molar-refractivity contribution in [2.45, 2.75) is 109 Å². The minimum Gasteiger partial charge on any atom is -0.393 e. The van der Waals surface area contributed by atoms with Gasteiger partial charge in [-0.25, -0.2) is 8.78 Å². The normalized spacial score (nSPS) is 32.3. The van der Waals surface area contributed by atoms with E-state index in [0.717, 1.165) is 43.4 Å². The lowest BCUT2D eigenvalue weighted by Gasteiger charge is -2.40. The van der Waals surface area contributed by atoms with Crippen molar-refractivity contribution in [3.63, 3.8) is 0 Å². The lowest BCUT2D eigenvalue weighted by atomic mass is 9.65. The number of rotatable bonds is 9. The van der Waals surface area contributed by atoms with Crippen molar-refractivity contribution < 1.29 is 13.9 Å². The van der Waals surface area contributed by atoms with Crippen LogP contribution in [0, 0.1) is 41.2 Å². The van der Waals surface area contributed by atoms with Gasteiger partial charge in [0, 0.05) is 5.92 Å². The van der Waals surface area contributed by atoms with Crippen LogP contribution in [0.4, 0.5) is 8.78 Å². The van der Waals surface area contributed by atoms with Crippen molar-refractivity contribution in [3.05, 3.63) is 59.7 Å². The average molecular weight is 485 g/mol. The topological polar surface area (TPSA) is 20.2 Å². The molecule has 1 N–H and O–H groups in total. The summed E-state index contributed by atoms with van der Waals surface area (Å²) >= 11 is 0. The molecule has 0 bridgehead atoms. The molecule has 4 rings (SSSR count). The van der Waals surface area contributed by atoms with Gasteiger partial charge < -0.3 is 5.11 Å². The molecule has 3 aliphatic carbocycles. The molecule has 35 heavy (non-hydrogen) atoms. The van der Waals surface area contributed by atoms with Gasteiger partial charge in [-0.15, -0.1) is 6.58 Å². The number of aliphatic hydroxyl groups excluding tert-OH is 1. The zero-order valence-electron chi connectivity index (χ0n) is 21.7. The summed E-state index contributed by atoms with van der Waals surface area (Å²) in [5.41, 5.74) is 0.967. The molecule has 3 heteroatoms. The highest BCUT2D eigenvalue weighted by Crippen LogP contribution is 2.46. The van der Waals surface area contributed by atoms with E-state index >= 15 is 0 Å². The van der Waals surface area contributed by atoms with Crippen LogP contribution in [0.1, 0.15) is 107 Å². The maximum atomic E-state index is 14.8. The van der Waals surface area contributed by atoms with Gasteiger partial charge in [0.2, 0.25) is 0 Å². The number of benzene rings is 1. The Kier molecular flexibility index (Phi) is 9.61. The summed E-state index contributed by atoms with van der Waals surface area (Å²) in [5, 5.41) is 10.4. The first-order valence-corrected chi connectivity index (χ1v) is 14.5. The molecule has 0 saturated heterocycles. The van der Waals surface area contributed by atoms with Crippen LogP contribution in [0.25, 0.3) is 0 Å². The predicted molar refractivity (Wildman–Crippen MR) is 141 cm³/mol. The summed E-state index contributed by atoms with van der Waals surface area (Å²) in [4.78, 5) is 0. The molecule has 3 unspecified atom stereocenters. The average Bonchev–Trinajstić information content (AvgIpc) is 2.90. The number of hydrogen-bond acceptors (Lipinski definition) is 1. The maximum absolute atomic E-state index is 14.8. The molecule has 3 aliphatic rings. The molecule has 0 heterocycles. The number of halogens is 2. The van der Waals surface area contributed by atoms with Gasteiger partial charge in [-0.05, 0) is 124 Å². The summed E-state index contributed by atoms with van der Waals surface area (Å²) < 4.78 is 29.4. The van der Waals surface area contributed by atoms with Gasteiger partial charge in [0.25, 0.3) is 0 Å². The Hall–Kier alpha value is -1.48. The van der Waals surface area contributed by atoms with Crippen molar-refractivity contribution in [1.29, 1.82) is 0 Å². The van der Waals surface area contributed by atoms with E-state index in [1.165, 1.54) is 51.4 Å². The Morgan fingerprint density at radius 2 is 1.54 bits per heavy atom. The molecule has 2 fully saturated rings. The molecule has 0 spiro atoms. The highest BCUT2D eigenvalue weighted by Gasteiger charge is 2.35. The van der Waals surface area contributed by atoms with Gasteiger partial charge in [-0.1, -0.05) is 43.7 Å². The van der Waals surface area contributed by atoms with Crippen LogP contribution < -0.4 is 0 Å². The first-order chi connectivity index (χ1) is 17.0. The smallest absolute Gasteiger partial charge is 0.162 e. The molecular formula is C32H46F2O. The van der Waals surface area contributed by atoms with Crippen molar-refractivity contribution in [2.75, 3.05) is 0 Å². The summed E-state index contributed by atoms with van der Waals surface area (Å²) in [7, 11) is 0. The van der Waals surface area contributed by atoms with E-state index < -0.39 is 11.6 Å². The van der Waals surface area contributed by atoms with Crippen molar-refractivity contribution in [2.24, 2.45) is 29.6 Å². The third kappa shape index (κ3) is 6.45. The van der Waals surface area contributed by atoms with Gasteiger partial charge in [-0.3, -0.25) is 0 Å². The zero-order chi connectivity index (χ0) is 24.8. The molecule has 0 aromatic heterocycles. The highest BCUT2D eigenvalue weighted by molar-refractivity contribution is 5.32. The predicted octanol–water partition coefficient (Wildman–Crippen LogP) is 8.91. The van der Waals surface area contributed by atoms with E-state index in [1.54, 1.807) is 18.2 Å². The second-order valence-corrected chi connectivity index (χ2v) is 11.7. The van der Waals surface area contributed by atoms with Crippen LogP contribution in [-0.4, -0.2) is 11.2 Å². The SMILES string of the molecule is C=CCCc1ccc(C2C=CC(C3CCC(C4CCC(C(O)CCC)CC4)CC3)CC2)c(F)c1F. The van der Waals surface area contributed by atoms with E-state index in [9.17, 15) is 13.9 Å². The van der Waals surface area contributed by atoms with E-state index in [-0.39, 0.29) is 12.0 Å². The lowest BCUT2D eigenvalue weighted by molar-refractivity contribution is 0.0497. The zero-order valence-corrected chi connectivity index (χ0v) is 21.7. The quantitative estimate of drug-likeness (QED) is 0.347. The van der Waals surface area contributed by atoms with E-state index in [0.29, 0.717) is 35.8 Å². The molecule has 3 atom stereocenters. The summed E-state index contributed by atoms with van der Waals surface area (Å²) in [5.74, 6) is 2.26. The third-order valence-corrected chi connectivity index (χ3v) is 9.64. The number of hydrogen-bond donors (Lipinski definition) is 1. The van der Waals surface area contributed by atoms with E-state index in [4.69, 9.17) is 0 Å². The summed E-state index contributed by atoms with van der Waals surface area (Å²) in [6, 6.07) is 3.56. The Labute approximate surface area is 212 Å². The molecule has 0 amide bonds. The summed E-state index contributed by atoms with van der Waals surface area (Å²) in [6.45, 7) is 5.84. The van der Waals surface area contributed by atoms with Gasteiger partial charge in [0.1, 0.15) is 0 Å². The van der Waals surface area contributed by atoms with E-state index in [2.05, 4.69) is 25.7 Å². The fraction of sp³-hybridized carbons (Fsp3) is 0.688. The second-order valence-electron chi connectivity index (χ2n) is 11.7. The summed E-state index contributed by atoms with van der Waals surface area (Å²) in [6.07, 6.45) is 21.7. The number of allylic oxidation sites excluding steroid dienone is 3.